The van der Waals surface area contributed by atoms with Crippen LogP contribution in [-0.4, -0.2) is 99.8 Å². The molecule has 6 nitrogen and oxygen atoms in total. The zero-order valence-electron chi connectivity index (χ0n) is 16.5. The Balaban J connectivity index is 4.29. The Labute approximate surface area is 147 Å². The van der Waals surface area contributed by atoms with E-state index in [1.165, 1.54) is 6.08 Å². The number of hydrogen-bond acceptors (Lipinski definition) is 3. The van der Waals surface area contributed by atoms with Crippen LogP contribution in [0.2, 0.25) is 0 Å². The average molecular weight is 344 g/mol. The predicted molar refractivity (Wildman–Crippen MR) is 97.4 cm³/mol. The minimum absolute atomic E-state index is 0.120. The first kappa shape index (κ1) is 22.6. The lowest BCUT2D eigenvalue weighted by atomic mass is 10.3. The third-order valence-corrected chi connectivity index (χ3v) is 4.58. The maximum atomic E-state index is 11.9. The van der Waals surface area contributed by atoms with Crippen molar-refractivity contribution in [1.29, 1.82) is 0 Å². The molecule has 0 aliphatic carbocycles. The van der Waals surface area contributed by atoms with Crippen LogP contribution in [0.25, 0.3) is 0 Å². The largest absolute Gasteiger partial charge is 0.457 e. The van der Waals surface area contributed by atoms with Crippen molar-refractivity contribution in [2.24, 2.45) is 0 Å². The second-order valence-corrected chi connectivity index (χ2v) is 7.59. The number of ether oxygens (including phenoxy) is 1. The molecule has 0 aliphatic rings. The summed E-state index contributed by atoms with van der Waals surface area (Å²) >= 11 is 0. The number of esters is 1. The SMILES string of the molecule is C=CC(=O)OCC[N+](C)(C)CCN(CCC[N+](C)(C)CC)C(C)=O. The van der Waals surface area contributed by atoms with Crippen molar-refractivity contribution >= 4 is 11.9 Å². The van der Waals surface area contributed by atoms with Crippen LogP contribution >= 0.6 is 0 Å². The van der Waals surface area contributed by atoms with Gasteiger partial charge in [-0.25, -0.2) is 4.79 Å². The van der Waals surface area contributed by atoms with Gasteiger partial charge in [-0.15, -0.1) is 0 Å². The van der Waals surface area contributed by atoms with E-state index in [2.05, 4.69) is 41.7 Å². The van der Waals surface area contributed by atoms with Crippen LogP contribution in [-0.2, 0) is 14.3 Å². The van der Waals surface area contributed by atoms with E-state index in [-0.39, 0.29) is 5.91 Å². The van der Waals surface area contributed by atoms with E-state index >= 15 is 0 Å². The third kappa shape index (κ3) is 10.4. The highest BCUT2D eigenvalue weighted by molar-refractivity contribution is 5.81. The summed E-state index contributed by atoms with van der Waals surface area (Å²) in [6.07, 6.45) is 2.18. The van der Waals surface area contributed by atoms with Crippen molar-refractivity contribution in [3.8, 4) is 0 Å². The lowest BCUT2D eigenvalue weighted by Gasteiger charge is -2.33. The summed E-state index contributed by atoms with van der Waals surface area (Å²) in [4.78, 5) is 24.9. The molecule has 0 aromatic rings. The summed E-state index contributed by atoms with van der Waals surface area (Å²) in [5.74, 6) is -0.271. The molecule has 24 heavy (non-hydrogen) atoms. The zero-order valence-corrected chi connectivity index (χ0v) is 16.5. The molecule has 0 bridgehead atoms. The van der Waals surface area contributed by atoms with Crippen molar-refractivity contribution in [1.82, 2.24) is 4.90 Å². The molecule has 0 atom stereocenters. The Morgan fingerprint density at radius 1 is 1.04 bits per heavy atom. The van der Waals surface area contributed by atoms with E-state index < -0.39 is 5.97 Å². The van der Waals surface area contributed by atoms with Gasteiger partial charge in [0.1, 0.15) is 13.2 Å². The smallest absolute Gasteiger partial charge is 0.330 e. The van der Waals surface area contributed by atoms with Gasteiger partial charge in [-0.2, -0.15) is 0 Å². The number of rotatable bonds is 12. The average Bonchev–Trinajstić information content (AvgIpc) is 2.49. The summed E-state index contributed by atoms with van der Waals surface area (Å²) in [5, 5.41) is 0. The van der Waals surface area contributed by atoms with Gasteiger partial charge in [0.25, 0.3) is 0 Å². The molecule has 0 N–H and O–H groups in total. The van der Waals surface area contributed by atoms with Gasteiger partial charge in [0, 0.05) is 26.0 Å². The molecule has 0 saturated heterocycles. The molecule has 0 radical (unpaired) electrons. The van der Waals surface area contributed by atoms with Crippen LogP contribution in [0.1, 0.15) is 20.3 Å². The van der Waals surface area contributed by atoms with Crippen LogP contribution in [0.4, 0.5) is 0 Å². The zero-order chi connectivity index (χ0) is 18.8. The highest BCUT2D eigenvalue weighted by Gasteiger charge is 2.20. The molecule has 0 fully saturated rings. The van der Waals surface area contributed by atoms with Crippen molar-refractivity contribution in [3.63, 3.8) is 0 Å². The van der Waals surface area contributed by atoms with Crippen molar-refractivity contribution in [3.05, 3.63) is 12.7 Å². The van der Waals surface area contributed by atoms with Gasteiger partial charge in [-0.05, 0) is 6.92 Å². The molecule has 1 amide bonds. The van der Waals surface area contributed by atoms with Crippen LogP contribution in [0.3, 0.4) is 0 Å². The molecule has 0 spiro atoms. The van der Waals surface area contributed by atoms with Crippen molar-refractivity contribution in [2.75, 3.05) is 74.1 Å². The second kappa shape index (κ2) is 10.5. The van der Waals surface area contributed by atoms with Gasteiger partial charge < -0.3 is 18.6 Å². The van der Waals surface area contributed by atoms with Gasteiger partial charge in [0.15, 0.2) is 0 Å². The highest BCUT2D eigenvalue weighted by Crippen LogP contribution is 2.03. The molecule has 6 heteroatoms. The molecular formula is C18H37N3O3+2. The van der Waals surface area contributed by atoms with Gasteiger partial charge >= 0.3 is 5.97 Å². The standard InChI is InChI=1S/C18H37N3O3/c1-8-18(23)24-16-15-21(6,7)14-12-19(17(3)22)11-10-13-20(4,5)9-2/h8H,1,9-16H2,2-7H3/q+2. The Bertz CT molecular complexity index is 420. The Morgan fingerprint density at radius 2 is 1.67 bits per heavy atom. The Hall–Kier alpha value is -1.40. The van der Waals surface area contributed by atoms with Crippen molar-refractivity contribution < 1.29 is 23.3 Å². The van der Waals surface area contributed by atoms with Gasteiger partial charge in [0.2, 0.25) is 5.91 Å². The number of carbonyl (C=O) groups is 2. The van der Waals surface area contributed by atoms with Gasteiger partial charge in [-0.3, -0.25) is 4.79 Å². The van der Waals surface area contributed by atoms with Gasteiger partial charge in [-0.1, -0.05) is 6.58 Å². The minimum Gasteiger partial charge on any atom is -0.457 e. The summed E-state index contributed by atoms with van der Waals surface area (Å²) in [7, 11) is 8.58. The molecule has 0 rings (SSSR count). The maximum absolute atomic E-state index is 11.9. The van der Waals surface area contributed by atoms with Crippen LogP contribution in [0, 0.1) is 0 Å². The molecule has 0 saturated carbocycles. The van der Waals surface area contributed by atoms with Crippen molar-refractivity contribution in [2.45, 2.75) is 20.3 Å². The first-order valence-corrected chi connectivity index (χ1v) is 8.71. The summed E-state index contributed by atoms with van der Waals surface area (Å²) in [5.41, 5.74) is 0. The van der Waals surface area contributed by atoms with E-state index in [1.54, 1.807) is 6.92 Å². The molecule has 0 aliphatic heterocycles. The highest BCUT2D eigenvalue weighted by atomic mass is 16.5. The lowest BCUT2D eigenvalue weighted by Crippen LogP contribution is -2.49. The van der Waals surface area contributed by atoms with E-state index in [1.807, 2.05) is 4.90 Å². The summed E-state index contributed by atoms with van der Waals surface area (Å²) < 4.78 is 6.71. The number of hydrogen-bond donors (Lipinski definition) is 0. The molecule has 0 aromatic carbocycles. The number of quaternary nitrogens is 2. The third-order valence-electron chi connectivity index (χ3n) is 4.58. The van der Waals surface area contributed by atoms with E-state index in [0.717, 1.165) is 43.6 Å². The number of nitrogens with zero attached hydrogens (tertiary/aromatic N) is 3. The number of amides is 1. The lowest BCUT2D eigenvalue weighted by molar-refractivity contribution is -0.890. The summed E-state index contributed by atoms with van der Waals surface area (Å²) in [6.45, 7) is 12.8. The fraction of sp³-hybridized carbons (Fsp3) is 0.778. The molecule has 0 heterocycles. The summed E-state index contributed by atoms with van der Waals surface area (Å²) in [6, 6.07) is 0. The second-order valence-electron chi connectivity index (χ2n) is 7.59. The normalized spacial score (nSPS) is 11.9. The maximum Gasteiger partial charge on any atom is 0.330 e. The predicted octanol–water partition coefficient (Wildman–Crippen LogP) is 1.13. The molecule has 140 valence electrons. The fourth-order valence-electron chi connectivity index (χ4n) is 2.23. The van der Waals surface area contributed by atoms with Crippen LogP contribution < -0.4 is 0 Å². The monoisotopic (exact) mass is 343 g/mol. The number of carbonyl (C=O) groups excluding carboxylic acids is 2. The van der Waals surface area contributed by atoms with Gasteiger partial charge in [0.05, 0.1) is 54.4 Å². The molecule has 0 unspecified atom stereocenters. The Kier molecular flexibility index (Phi) is 9.85. The first-order valence-electron chi connectivity index (χ1n) is 8.71. The number of likely N-dealkylation sites (N-methyl/N-ethyl adjacent to an activating group) is 1. The van der Waals surface area contributed by atoms with E-state index in [0.29, 0.717) is 17.6 Å². The van der Waals surface area contributed by atoms with Crippen LogP contribution in [0.5, 0.6) is 0 Å². The quantitative estimate of drug-likeness (QED) is 0.303. The Morgan fingerprint density at radius 3 is 2.17 bits per heavy atom. The van der Waals surface area contributed by atoms with Crippen LogP contribution in [0.15, 0.2) is 12.7 Å². The topological polar surface area (TPSA) is 46.6 Å². The van der Waals surface area contributed by atoms with E-state index in [9.17, 15) is 9.59 Å². The first-order chi connectivity index (χ1) is 11.0. The van der Waals surface area contributed by atoms with E-state index in [4.69, 9.17) is 4.74 Å². The minimum atomic E-state index is -0.392. The molecule has 0 aromatic heterocycles. The fourth-order valence-corrected chi connectivity index (χ4v) is 2.23. The molecular weight excluding hydrogens is 306 g/mol.